The molecule has 1 fully saturated rings. The van der Waals surface area contributed by atoms with Gasteiger partial charge in [0.15, 0.2) is 0 Å². The Morgan fingerprint density at radius 3 is 2.29 bits per heavy atom. The number of nitrogens with zero attached hydrogens (tertiary/aromatic N) is 1. The molecule has 1 aliphatic heterocycles. The molecule has 1 aromatic carbocycles. The predicted molar refractivity (Wildman–Crippen MR) is 109 cm³/mol. The Labute approximate surface area is 209 Å². The van der Waals surface area contributed by atoms with Crippen molar-refractivity contribution in [2.24, 2.45) is 0 Å². The molecule has 2 aliphatic carbocycles. The zero-order valence-corrected chi connectivity index (χ0v) is 20.8. The maximum absolute atomic E-state index is 12.7. The molecule has 0 spiro atoms. The molecule has 149 valence electrons. The standard InChI is InChI=1S/C19H27N3O4S.K/c1-22-10-16(26-2)17(11-22)27(24,25)21-19(23)20-18-14-7-3-5-12(14)9-13-6-4-8-15(13)18;/h9,16-17H,3-8,10-11H2,1-2H3,(H2,20,21,23);. The molecule has 1 radical (unpaired) electrons. The van der Waals surface area contributed by atoms with Gasteiger partial charge in [-0.05, 0) is 67.8 Å². The van der Waals surface area contributed by atoms with Crippen molar-refractivity contribution in [3.05, 3.63) is 28.3 Å². The van der Waals surface area contributed by atoms with E-state index in [9.17, 15) is 13.2 Å². The minimum absolute atomic E-state index is 0. The van der Waals surface area contributed by atoms with Gasteiger partial charge in [0.1, 0.15) is 5.25 Å². The number of fused-ring (bicyclic) bond motifs is 2. The summed E-state index contributed by atoms with van der Waals surface area (Å²) in [5.41, 5.74) is 5.80. The number of nitrogens with one attached hydrogen (secondary N) is 2. The fourth-order valence-corrected chi connectivity index (χ4v) is 6.27. The molecule has 3 aliphatic rings. The molecule has 0 aromatic heterocycles. The quantitative estimate of drug-likeness (QED) is 0.695. The fraction of sp³-hybridized carbons (Fsp3) is 0.632. The topological polar surface area (TPSA) is 87.7 Å². The number of hydrogen-bond acceptors (Lipinski definition) is 5. The zero-order valence-electron chi connectivity index (χ0n) is 16.9. The Morgan fingerprint density at radius 1 is 1.11 bits per heavy atom. The maximum Gasteiger partial charge on any atom is 0.332 e. The van der Waals surface area contributed by atoms with Gasteiger partial charge in [0, 0.05) is 77.3 Å². The molecule has 2 N–H and O–H groups in total. The molecule has 0 bridgehead atoms. The van der Waals surface area contributed by atoms with Crippen LogP contribution in [0.15, 0.2) is 6.07 Å². The van der Waals surface area contributed by atoms with Crippen LogP contribution in [0.3, 0.4) is 0 Å². The third kappa shape index (κ3) is 4.37. The number of anilines is 1. The van der Waals surface area contributed by atoms with E-state index in [4.69, 9.17) is 4.74 Å². The first kappa shape index (κ1) is 22.7. The molecule has 0 saturated carbocycles. The summed E-state index contributed by atoms with van der Waals surface area (Å²) in [6, 6.07) is 1.61. The van der Waals surface area contributed by atoms with Crippen molar-refractivity contribution in [3.63, 3.8) is 0 Å². The molecule has 2 unspecified atom stereocenters. The van der Waals surface area contributed by atoms with E-state index in [1.807, 2.05) is 11.9 Å². The van der Waals surface area contributed by atoms with Crippen molar-refractivity contribution in [1.29, 1.82) is 0 Å². The van der Waals surface area contributed by atoms with Crippen LogP contribution in [0.1, 0.15) is 35.1 Å². The normalized spacial score (nSPS) is 23.8. The summed E-state index contributed by atoms with van der Waals surface area (Å²) < 4.78 is 33.0. The van der Waals surface area contributed by atoms with Crippen molar-refractivity contribution in [2.45, 2.75) is 49.9 Å². The van der Waals surface area contributed by atoms with E-state index < -0.39 is 27.4 Å². The number of ether oxygens (including phenoxy) is 1. The molecule has 28 heavy (non-hydrogen) atoms. The molecule has 2 atom stereocenters. The number of sulfonamides is 1. The molecular formula is C19H27KN3O4S. The minimum Gasteiger partial charge on any atom is -0.379 e. The first-order chi connectivity index (χ1) is 12.9. The van der Waals surface area contributed by atoms with Gasteiger partial charge in [-0.15, -0.1) is 0 Å². The number of aryl methyl sites for hydroxylation is 2. The van der Waals surface area contributed by atoms with Crippen molar-refractivity contribution in [2.75, 3.05) is 32.6 Å². The minimum atomic E-state index is -3.83. The number of benzene rings is 1. The summed E-state index contributed by atoms with van der Waals surface area (Å²) in [5.74, 6) is 0. The van der Waals surface area contributed by atoms with Crippen LogP contribution in [0.2, 0.25) is 0 Å². The average molecular weight is 433 g/mol. The number of rotatable bonds is 4. The molecule has 1 aromatic rings. The summed E-state index contributed by atoms with van der Waals surface area (Å²) >= 11 is 0. The van der Waals surface area contributed by atoms with Gasteiger partial charge in [0.25, 0.3) is 0 Å². The average Bonchev–Trinajstić information content (AvgIpc) is 3.32. The van der Waals surface area contributed by atoms with Crippen LogP contribution in [-0.4, -0.2) is 109 Å². The van der Waals surface area contributed by atoms with Crippen LogP contribution in [0, 0.1) is 0 Å². The maximum atomic E-state index is 12.7. The van der Waals surface area contributed by atoms with E-state index in [0.29, 0.717) is 13.1 Å². The first-order valence-corrected chi connectivity index (χ1v) is 11.1. The molecule has 7 nitrogen and oxygen atoms in total. The largest absolute Gasteiger partial charge is 0.379 e. The van der Waals surface area contributed by atoms with Crippen molar-refractivity contribution >= 4 is 73.1 Å². The number of urea groups is 1. The number of hydrogen-bond donors (Lipinski definition) is 2. The smallest absolute Gasteiger partial charge is 0.332 e. The van der Waals surface area contributed by atoms with E-state index in [2.05, 4.69) is 16.1 Å². The van der Waals surface area contributed by atoms with E-state index in [1.54, 1.807) is 0 Å². The van der Waals surface area contributed by atoms with Crippen LogP contribution in [0.25, 0.3) is 0 Å². The number of carbonyl (C=O) groups excluding carboxylic acids is 1. The number of likely N-dealkylation sites (N-methyl/N-ethyl adjacent to an activating group) is 1. The van der Waals surface area contributed by atoms with Crippen molar-refractivity contribution < 1.29 is 17.9 Å². The van der Waals surface area contributed by atoms with Gasteiger partial charge >= 0.3 is 6.03 Å². The third-order valence-corrected chi connectivity index (χ3v) is 7.77. The fourth-order valence-electron chi connectivity index (χ4n) is 4.76. The van der Waals surface area contributed by atoms with E-state index in [-0.39, 0.29) is 51.4 Å². The Kier molecular flexibility index (Phi) is 7.30. The van der Waals surface area contributed by atoms with Gasteiger partial charge in [0.05, 0.1) is 6.10 Å². The molecule has 4 rings (SSSR count). The van der Waals surface area contributed by atoms with Gasteiger partial charge in [-0.3, -0.25) is 0 Å². The van der Waals surface area contributed by atoms with Gasteiger partial charge in [-0.2, -0.15) is 0 Å². The summed E-state index contributed by atoms with van der Waals surface area (Å²) in [5, 5.41) is 2.12. The van der Waals surface area contributed by atoms with Crippen LogP contribution in [0.5, 0.6) is 0 Å². The van der Waals surface area contributed by atoms with E-state index in [1.165, 1.54) is 29.4 Å². The van der Waals surface area contributed by atoms with Crippen molar-refractivity contribution in [3.8, 4) is 0 Å². The molecule has 1 heterocycles. The number of methoxy groups -OCH3 is 1. The Balaban J connectivity index is 0.00000225. The SMILES string of the molecule is COC1CN(C)CC1S(=O)(=O)NC(=O)Nc1c2c(cc3c1CCC3)CCC2.[K]. The summed E-state index contributed by atoms with van der Waals surface area (Å²) in [6.07, 6.45) is 5.65. The summed E-state index contributed by atoms with van der Waals surface area (Å²) in [7, 11) is -0.482. The number of carbonyl (C=O) groups is 1. The van der Waals surface area contributed by atoms with Crippen LogP contribution < -0.4 is 10.0 Å². The monoisotopic (exact) mass is 432 g/mol. The van der Waals surface area contributed by atoms with Crippen LogP contribution in [0.4, 0.5) is 10.5 Å². The van der Waals surface area contributed by atoms with Crippen LogP contribution in [-0.2, 0) is 40.4 Å². The number of amides is 2. The second-order valence-corrected chi connectivity index (χ2v) is 9.77. The second kappa shape index (κ2) is 9.01. The second-order valence-electron chi connectivity index (χ2n) is 7.87. The van der Waals surface area contributed by atoms with Crippen LogP contribution >= 0.6 is 0 Å². The predicted octanol–water partition coefficient (Wildman–Crippen LogP) is 1.06. The molecular weight excluding hydrogens is 405 g/mol. The van der Waals surface area contributed by atoms with E-state index in [0.717, 1.165) is 44.2 Å². The van der Waals surface area contributed by atoms with Crippen molar-refractivity contribution in [1.82, 2.24) is 9.62 Å². The molecule has 2 amide bonds. The Hall–Kier alpha value is -0.00364. The molecule has 1 saturated heterocycles. The first-order valence-electron chi connectivity index (χ1n) is 9.59. The third-order valence-electron chi connectivity index (χ3n) is 6.05. The zero-order chi connectivity index (χ0) is 19.2. The van der Waals surface area contributed by atoms with Gasteiger partial charge in [-0.25, -0.2) is 17.9 Å². The Bertz CT molecular complexity index is 842. The summed E-state index contributed by atoms with van der Waals surface area (Å²) in [6.45, 7) is 0.876. The summed E-state index contributed by atoms with van der Waals surface area (Å²) in [4.78, 5) is 14.5. The van der Waals surface area contributed by atoms with Gasteiger partial charge in [-0.1, -0.05) is 6.07 Å². The Morgan fingerprint density at radius 2 is 1.71 bits per heavy atom. The van der Waals surface area contributed by atoms with E-state index >= 15 is 0 Å². The molecule has 9 heteroatoms. The van der Waals surface area contributed by atoms with Gasteiger partial charge in [0.2, 0.25) is 10.0 Å². The number of likely N-dealkylation sites (tertiary alicyclic amines) is 1. The van der Waals surface area contributed by atoms with Gasteiger partial charge < -0.3 is 15.0 Å².